The zero-order valence-corrected chi connectivity index (χ0v) is 15.3. The van der Waals surface area contributed by atoms with Gasteiger partial charge in [-0.2, -0.15) is 0 Å². The lowest BCUT2D eigenvalue weighted by Gasteiger charge is -2.20. The zero-order valence-electron chi connectivity index (χ0n) is 15.3. The van der Waals surface area contributed by atoms with Gasteiger partial charge in [0.1, 0.15) is 5.60 Å². The van der Waals surface area contributed by atoms with Crippen molar-refractivity contribution in [2.75, 3.05) is 12.8 Å². The van der Waals surface area contributed by atoms with E-state index in [0.717, 1.165) is 5.56 Å². The monoisotopic (exact) mass is 360 g/mol. The molecular weight excluding hydrogens is 336 g/mol. The van der Waals surface area contributed by atoms with E-state index >= 15 is 0 Å². The highest BCUT2D eigenvalue weighted by Crippen LogP contribution is 2.31. The predicted molar refractivity (Wildman–Crippen MR) is 97.9 cm³/mol. The van der Waals surface area contributed by atoms with E-state index in [1.165, 1.54) is 6.20 Å². The lowest BCUT2D eigenvalue weighted by molar-refractivity contribution is 0.0497. The molecule has 0 saturated carbocycles. The maximum atomic E-state index is 11.6. The van der Waals surface area contributed by atoms with Gasteiger partial charge in [0.05, 0.1) is 19.0 Å². The molecule has 26 heavy (non-hydrogen) atoms. The van der Waals surface area contributed by atoms with Gasteiger partial charge in [-0.25, -0.2) is 15.2 Å². The summed E-state index contributed by atoms with van der Waals surface area (Å²) >= 11 is 0. The molecule has 8 heteroatoms. The highest BCUT2D eigenvalue weighted by atomic mass is 16.6. The standard InChI is InChI=1S/C18H24N4O4/c1-18(2,3)26-17(23)22-21-10-12-5-7-14(15(9-12)24-4)25-16-8-6-13(19)11-20-16/h5-9,11,21H,10,19H2,1-4H3,(H,22,23). The first kappa shape index (κ1) is 19.3. The molecule has 0 fully saturated rings. The fraction of sp³-hybridized carbons (Fsp3) is 0.333. The lowest BCUT2D eigenvalue weighted by Crippen LogP contribution is -2.40. The number of hydrogen-bond acceptors (Lipinski definition) is 7. The first-order valence-electron chi connectivity index (χ1n) is 8.05. The van der Waals surface area contributed by atoms with E-state index in [2.05, 4.69) is 15.8 Å². The number of amides is 1. The Hall–Kier alpha value is -3.00. The van der Waals surface area contributed by atoms with Gasteiger partial charge in [0.25, 0.3) is 0 Å². The van der Waals surface area contributed by atoms with Crippen LogP contribution in [0.3, 0.4) is 0 Å². The van der Waals surface area contributed by atoms with E-state index in [9.17, 15) is 4.79 Å². The van der Waals surface area contributed by atoms with Gasteiger partial charge in [0.15, 0.2) is 11.5 Å². The Bertz CT molecular complexity index is 742. The summed E-state index contributed by atoms with van der Waals surface area (Å²) < 4.78 is 16.2. The van der Waals surface area contributed by atoms with Gasteiger partial charge < -0.3 is 19.9 Å². The summed E-state index contributed by atoms with van der Waals surface area (Å²) in [5.74, 6) is 1.48. The van der Waals surface area contributed by atoms with E-state index in [4.69, 9.17) is 19.9 Å². The van der Waals surface area contributed by atoms with Gasteiger partial charge in [-0.15, -0.1) is 0 Å². The topological polar surface area (TPSA) is 108 Å². The third-order valence-electron chi connectivity index (χ3n) is 3.08. The van der Waals surface area contributed by atoms with Gasteiger partial charge in [-0.1, -0.05) is 6.07 Å². The molecule has 140 valence electrons. The molecule has 1 heterocycles. The number of carbonyl (C=O) groups excluding carboxylic acids is 1. The molecule has 4 N–H and O–H groups in total. The molecule has 0 aliphatic rings. The molecule has 0 aliphatic heterocycles. The summed E-state index contributed by atoms with van der Waals surface area (Å²) in [7, 11) is 1.55. The highest BCUT2D eigenvalue weighted by molar-refractivity contribution is 5.67. The van der Waals surface area contributed by atoms with Gasteiger partial charge in [0, 0.05) is 12.6 Å². The van der Waals surface area contributed by atoms with E-state index in [1.807, 2.05) is 6.07 Å². The minimum Gasteiger partial charge on any atom is -0.493 e. The normalized spacial score (nSPS) is 10.9. The number of anilines is 1. The van der Waals surface area contributed by atoms with Crippen LogP contribution in [0.4, 0.5) is 10.5 Å². The van der Waals surface area contributed by atoms with E-state index < -0.39 is 11.7 Å². The second kappa shape index (κ2) is 8.39. The van der Waals surface area contributed by atoms with Crippen molar-refractivity contribution >= 4 is 11.8 Å². The Labute approximate surface area is 152 Å². The summed E-state index contributed by atoms with van der Waals surface area (Å²) in [6, 6.07) is 8.79. The molecule has 8 nitrogen and oxygen atoms in total. The van der Waals surface area contributed by atoms with Crippen LogP contribution >= 0.6 is 0 Å². The SMILES string of the molecule is COc1cc(CNNC(=O)OC(C)(C)C)ccc1Oc1ccc(N)cn1. The van der Waals surface area contributed by atoms with Crippen molar-refractivity contribution in [2.45, 2.75) is 32.9 Å². The van der Waals surface area contributed by atoms with Crippen LogP contribution < -0.4 is 26.1 Å². The number of hydrogen-bond donors (Lipinski definition) is 3. The number of aromatic nitrogens is 1. The van der Waals surface area contributed by atoms with Gasteiger partial charge in [-0.05, 0) is 44.5 Å². The number of benzene rings is 1. The maximum Gasteiger partial charge on any atom is 0.422 e. The number of nitrogens with zero attached hydrogens (tertiary/aromatic N) is 1. The second-order valence-corrected chi connectivity index (χ2v) is 6.50. The van der Waals surface area contributed by atoms with E-state index in [0.29, 0.717) is 29.6 Å². The smallest absolute Gasteiger partial charge is 0.422 e. The fourth-order valence-electron chi connectivity index (χ4n) is 1.99. The number of hydrazine groups is 1. The zero-order chi connectivity index (χ0) is 19.2. The average molecular weight is 360 g/mol. The molecule has 2 rings (SSSR count). The van der Waals surface area contributed by atoms with Crippen LogP contribution in [0.25, 0.3) is 0 Å². The van der Waals surface area contributed by atoms with Crippen molar-refractivity contribution in [1.82, 2.24) is 15.8 Å². The van der Waals surface area contributed by atoms with Gasteiger partial charge in [0.2, 0.25) is 5.88 Å². The lowest BCUT2D eigenvalue weighted by atomic mass is 10.2. The molecular formula is C18H24N4O4. The van der Waals surface area contributed by atoms with Crippen molar-refractivity contribution < 1.29 is 19.0 Å². The second-order valence-electron chi connectivity index (χ2n) is 6.50. The quantitative estimate of drug-likeness (QED) is 0.680. The summed E-state index contributed by atoms with van der Waals surface area (Å²) in [5, 5.41) is 0. The van der Waals surface area contributed by atoms with Gasteiger partial charge >= 0.3 is 6.09 Å². The molecule has 0 aliphatic carbocycles. The van der Waals surface area contributed by atoms with Crippen LogP contribution in [0.1, 0.15) is 26.3 Å². The predicted octanol–water partition coefficient (Wildman–Crippen LogP) is 2.99. The first-order valence-corrected chi connectivity index (χ1v) is 8.05. The van der Waals surface area contributed by atoms with Crippen LogP contribution in [0.5, 0.6) is 17.4 Å². The summed E-state index contributed by atoms with van der Waals surface area (Å²) in [6.07, 6.45) is 0.974. The Morgan fingerprint density at radius 1 is 1.19 bits per heavy atom. The van der Waals surface area contributed by atoms with Crippen molar-refractivity contribution in [1.29, 1.82) is 0 Å². The van der Waals surface area contributed by atoms with Crippen molar-refractivity contribution in [3.05, 3.63) is 42.1 Å². The number of nitrogen functional groups attached to an aromatic ring is 1. The fourth-order valence-corrected chi connectivity index (χ4v) is 1.99. The molecule has 1 amide bonds. The van der Waals surface area contributed by atoms with E-state index in [-0.39, 0.29) is 0 Å². The Balaban J connectivity index is 1.95. The maximum absolute atomic E-state index is 11.6. The molecule has 0 saturated heterocycles. The number of ether oxygens (including phenoxy) is 3. The number of carbonyl (C=O) groups is 1. The Morgan fingerprint density at radius 3 is 2.58 bits per heavy atom. The molecule has 0 radical (unpaired) electrons. The average Bonchev–Trinajstić information content (AvgIpc) is 2.56. The van der Waals surface area contributed by atoms with E-state index in [1.54, 1.807) is 52.1 Å². The largest absolute Gasteiger partial charge is 0.493 e. The number of rotatable bonds is 6. The third-order valence-corrected chi connectivity index (χ3v) is 3.08. The molecule has 0 bridgehead atoms. The number of pyridine rings is 1. The molecule has 0 spiro atoms. The van der Waals surface area contributed by atoms with Crippen molar-refractivity contribution in [3.8, 4) is 17.4 Å². The molecule has 0 unspecified atom stereocenters. The summed E-state index contributed by atoms with van der Waals surface area (Å²) in [4.78, 5) is 15.7. The molecule has 1 aromatic heterocycles. The van der Waals surface area contributed by atoms with Crippen molar-refractivity contribution in [3.63, 3.8) is 0 Å². The number of nitrogens with two attached hydrogens (primary N) is 1. The first-order chi connectivity index (χ1) is 12.3. The van der Waals surface area contributed by atoms with Crippen LogP contribution in [0, 0.1) is 0 Å². The summed E-state index contributed by atoms with van der Waals surface area (Å²) in [5.41, 5.74) is 11.8. The Kier molecular flexibility index (Phi) is 6.24. The molecule has 1 aromatic carbocycles. The molecule has 0 atom stereocenters. The van der Waals surface area contributed by atoms with Crippen LogP contribution in [-0.2, 0) is 11.3 Å². The minimum atomic E-state index is -0.551. The highest BCUT2D eigenvalue weighted by Gasteiger charge is 2.15. The van der Waals surface area contributed by atoms with Crippen LogP contribution in [-0.4, -0.2) is 23.8 Å². The van der Waals surface area contributed by atoms with Crippen LogP contribution in [0.15, 0.2) is 36.5 Å². The minimum absolute atomic E-state index is 0.385. The van der Waals surface area contributed by atoms with Crippen LogP contribution in [0.2, 0.25) is 0 Å². The van der Waals surface area contributed by atoms with Gasteiger partial charge in [-0.3, -0.25) is 5.43 Å². The number of nitrogens with one attached hydrogen (secondary N) is 2. The summed E-state index contributed by atoms with van der Waals surface area (Å²) in [6.45, 7) is 5.78. The Morgan fingerprint density at radius 2 is 1.96 bits per heavy atom. The third kappa shape index (κ3) is 6.14. The molecule has 2 aromatic rings. The number of methoxy groups -OCH3 is 1. The van der Waals surface area contributed by atoms with Crippen molar-refractivity contribution in [2.24, 2.45) is 0 Å².